The van der Waals surface area contributed by atoms with Gasteiger partial charge in [0.15, 0.2) is 0 Å². The van der Waals surface area contributed by atoms with Crippen molar-refractivity contribution in [3.8, 4) is 11.9 Å². The molecule has 0 aliphatic rings. The van der Waals surface area contributed by atoms with Crippen LogP contribution in [0.25, 0.3) is 10.9 Å². The maximum absolute atomic E-state index is 9.86. The third-order valence-electron chi connectivity index (χ3n) is 6.20. The van der Waals surface area contributed by atoms with Gasteiger partial charge in [0, 0.05) is 23.3 Å². The van der Waals surface area contributed by atoms with Crippen LogP contribution in [0, 0.1) is 11.3 Å². The number of aromatic nitrogens is 5. The Bertz CT molecular complexity index is 1650. The van der Waals surface area contributed by atoms with E-state index in [9.17, 15) is 5.26 Å². The number of hydrogen-bond acceptors (Lipinski definition) is 8. The second-order valence-corrected chi connectivity index (χ2v) is 10.4. The average molecular weight is 539 g/mol. The minimum atomic E-state index is -0.301. The maximum atomic E-state index is 9.86. The minimum Gasteiger partial charge on any atom is -0.481 e. The van der Waals surface area contributed by atoms with Gasteiger partial charge in [0.2, 0.25) is 5.88 Å². The van der Waals surface area contributed by atoms with Crippen molar-refractivity contribution in [2.45, 2.75) is 32.4 Å². The largest absolute Gasteiger partial charge is 0.481 e. The predicted octanol–water partition coefficient (Wildman–Crippen LogP) is 6.46. The van der Waals surface area contributed by atoms with E-state index in [2.05, 4.69) is 57.8 Å². The monoisotopic (exact) mass is 538 g/mol. The van der Waals surface area contributed by atoms with Gasteiger partial charge in [-0.3, -0.25) is 4.98 Å². The lowest BCUT2D eigenvalue weighted by Crippen LogP contribution is -2.22. The molecule has 196 valence electrons. The summed E-state index contributed by atoms with van der Waals surface area (Å²) in [5.41, 5.74) is 4.51. The number of benzene rings is 2. The van der Waals surface area contributed by atoms with E-state index in [1.165, 1.54) is 6.20 Å². The van der Waals surface area contributed by atoms with E-state index >= 15 is 0 Å². The van der Waals surface area contributed by atoms with Crippen LogP contribution >= 0.6 is 11.6 Å². The zero-order valence-electron chi connectivity index (χ0n) is 22.0. The van der Waals surface area contributed by atoms with E-state index in [-0.39, 0.29) is 11.6 Å². The number of anilines is 3. The van der Waals surface area contributed by atoms with E-state index in [4.69, 9.17) is 16.3 Å². The van der Waals surface area contributed by atoms with E-state index in [1.807, 2.05) is 59.4 Å². The second kappa shape index (κ2) is 10.6. The van der Waals surface area contributed by atoms with Crippen molar-refractivity contribution < 1.29 is 4.74 Å². The molecule has 1 atom stereocenters. The predicted molar refractivity (Wildman–Crippen MR) is 152 cm³/mol. The van der Waals surface area contributed by atoms with Crippen LogP contribution in [0.3, 0.4) is 0 Å². The zero-order valence-corrected chi connectivity index (χ0v) is 22.7. The molecule has 5 aromatic rings. The molecular weight excluding hydrogens is 512 g/mol. The van der Waals surface area contributed by atoms with E-state index in [0.717, 1.165) is 16.9 Å². The van der Waals surface area contributed by atoms with Gasteiger partial charge in [0.1, 0.15) is 11.8 Å². The number of nitriles is 1. The molecule has 0 unspecified atom stereocenters. The quantitative estimate of drug-likeness (QED) is 0.243. The highest BCUT2D eigenvalue weighted by molar-refractivity contribution is 6.36. The standard InChI is InChI=1S/C29H27ClN8O/c1-29(2,3)38-17-24(36-37-38)27(18-8-6-5-7-9-18)35-21-12-22-26(34-20-10-11-25(39-4)32-16-20)19(14-31)15-33-28(22)23(30)13-21/h5-13,15-17,27,35H,1-4H3,(H,33,34)/t27-/m0/s1. The van der Waals surface area contributed by atoms with Gasteiger partial charge in [-0.15, -0.1) is 5.10 Å². The number of nitrogens with zero attached hydrogens (tertiary/aromatic N) is 6. The highest BCUT2D eigenvalue weighted by atomic mass is 35.5. The van der Waals surface area contributed by atoms with Crippen molar-refractivity contribution >= 4 is 39.6 Å². The summed E-state index contributed by atoms with van der Waals surface area (Å²) in [6.07, 6.45) is 5.10. The van der Waals surface area contributed by atoms with Gasteiger partial charge >= 0.3 is 0 Å². The van der Waals surface area contributed by atoms with Crippen LogP contribution in [0.1, 0.15) is 43.6 Å². The molecule has 0 spiro atoms. The summed E-state index contributed by atoms with van der Waals surface area (Å²) in [6.45, 7) is 6.23. The summed E-state index contributed by atoms with van der Waals surface area (Å²) >= 11 is 6.74. The Hall–Kier alpha value is -4.68. The fourth-order valence-electron chi connectivity index (χ4n) is 4.16. The summed E-state index contributed by atoms with van der Waals surface area (Å²) < 4.78 is 7.01. The molecule has 39 heavy (non-hydrogen) atoms. The van der Waals surface area contributed by atoms with Gasteiger partial charge in [-0.1, -0.05) is 47.1 Å². The summed E-state index contributed by atoms with van der Waals surface area (Å²) in [5, 5.41) is 26.7. The third kappa shape index (κ3) is 5.47. The molecule has 0 radical (unpaired) electrons. The van der Waals surface area contributed by atoms with E-state index in [1.54, 1.807) is 19.4 Å². The topological polar surface area (TPSA) is 114 Å². The molecule has 2 N–H and O–H groups in total. The molecule has 0 saturated carbocycles. The molecule has 3 heterocycles. The fourth-order valence-corrected chi connectivity index (χ4v) is 4.43. The number of fused-ring (bicyclic) bond motifs is 1. The van der Waals surface area contributed by atoms with Gasteiger partial charge in [0.25, 0.3) is 0 Å². The average Bonchev–Trinajstić information content (AvgIpc) is 3.44. The van der Waals surface area contributed by atoms with Crippen LogP contribution in [0.5, 0.6) is 5.88 Å². The van der Waals surface area contributed by atoms with Crippen molar-refractivity contribution in [1.82, 2.24) is 25.0 Å². The molecule has 0 bridgehead atoms. The van der Waals surface area contributed by atoms with Gasteiger partial charge < -0.3 is 15.4 Å². The number of hydrogen-bond donors (Lipinski definition) is 2. The molecule has 0 aliphatic carbocycles. The SMILES string of the molecule is COc1ccc(Nc2c(C#N)cnc3c(Cl)cc(N[C@@H](c4ccccc4)c4cn(C(C)(C)C)nn4)cc23)cn1. The summed E-state index contributed by atoms with van der Waals surface area (Å²) in [5.74, 6) is 0.491. The lowest BCUT2D eigenvalue weighted by molar-refractivity contribution is 0.347. The highest BCUT2D eigenvalue weighted by Crippen LogP contribution is 2.36. The van der Waals surface area contributed by atoms with Crippen LogP contribution in [0.2, 0.25) is 5.02 Å². The number of pyridine rings is 2. The van der Waals surface area contributed by atoms with Crippen molar-refractivity contribution in [3.63, 3.8) is 0 Å². The molecule has 3 aromatic heterocycles. The van der Waals surface area contributed by atoms with Crippen molar-refractivity contribution in [2.24, 2.45) is 0 Å². The molecule has 5 rings (SSSR count). The molecular formula is C29H27ClN8O. The van der Waals surface area contributed by atoms with Gasteiger partial charge in [-0.25, -0.2) is 9.67 Å². The normalized spacial score (nSPS) is 12.1. The Morgan fingerprint density at radius 2 is 1.82 bits per heavy atom. The summed E-state index contributed by atoms with van der Waals surface area (Å²) in [4.78, 5) is 8.72. The van der Waals surface area contributed by atoms with Crippen molar-refractivity contribution in [1.29, 1.82) is 5.26 Å². The number of methoxy groups -OCH3 is 1. The van der Waals surface area contributed by atoms with Gasteiger partial charge in [-0.05, 0) is 44.5 Å². The molecule has 10 heteroatoms. The van der Waals surface area contributed by atoms with Crippen molar-refractivity contribution in [2.75, 3.05) is 17.7 Å². The first-order valence-electron chi connectivity index (χ1n) is 12.3. The van der Waals surface area contributed by atoms with E-state index in [0.29, 0.717) is 38.7 Å². The smallest absolute Gasteiger partial charge is 0.213 e. The Balaban J connectivity index is 1.59. The molecule has 0 amide bonds. The number of ether oxygens (including phenoxy) is 1. The molecule has 2 aromatic carbocycles. The Morgan fingerprint density at radius 3 is 2.46 bits per heavy atom. The fraction of sp³-hybridized carbons (Fsp3) is 0.207. The molecule has 0 aliphatic heterocycles. The molecule has 0 fully saturated rings. The van der Waals surface area contributed by atoms with Crippen LogP contribution in [-0.4, -0.2) is 32.1 Å². The first-order chi connectivity index (χ1) is 18.8. The van der Waals surface area contributed by atoms with E-state index < -0.39 is 0 Å². The summed E-state index contributed by atoms with van der Waals surface area (Å²) in [7, 11) is 1.56. The number of halogens is 1. The lowest BCUT2D eigenvalue weighted by Gasteiger charge is -2.21. The third-order valence-corrected chi connectivity index (χ3v) is 6.49. The van der Waals surface area contributed by atoms with Crippen molar-refractivity contribution in [3.05, 3.63) is 95.0 Å². The molecule has 9 nitrogen and oxygen atoms in total. The van der Waals surface area contributed by atoms with Crippen LogP contribution in [0.4, 0.5) is 17.1 Å². The first kappa shape index (κ1) is 25.9. The van der Waals surface area contributed by atoms with Gasteiger partial charge in [-0.2, -0.15) is 5.26 Å². The zero-order chi connectivity index (χ0) is 27.6. The highest BCUT2D eigenvalue weighted by Gasteiger charge is 2.22. The Morgan fingerprint density at radius 1 is 1.03 bits per heavy atom. The summed E-state index contributed by atoms with van der Waals surface area (Å²) in [6, 6.07) is 19.3. The second-order valence-electron chi connectivity index (χ2n) is 9.97. The Kier molecular flexibility index (Phi) is 7.05. The maximum Gasteiger partial charge on any atom is 0.213 e. The first-order valence-corrected chi connectivity index (χ1v) is 12.7. The van der Waals surface area contributed by atoms with Crippen LogP contribution < -0.4 is 15.4 Å². The number of rotatable bonds is 7. The Labute approximate surface area is 231 Å². The number of nitrogens with one attached hydrogen (secondary N) is 2. The van der Waals surface area contributed by atoms with Gasteiger partial charge in [0.05, 0.1) is 58.6 Å². The van der Waals surface area contributed by atoms with Crippen LogP contribution in [-0.2, 0) is 5.54 Å². The lowest BCUT2D eigenvalue weighted by atomic mass is 10.0. The molecule has 0 saturated heterocycles. The van der Waals surface area contributed by atoms with Crippen LogP contribution in [0.15, 0.2) is 73.2 Å². The minimum absolute atomic E-state index is 0.213.